The summed E-state index contributed by atoms with van der Waals surface area (Å²) in [5.41, 5.74) is 5.14. The van der Waals surface area contributed by atoms with E-state index in [-0.39, 0.29) is 24.2 Å². The molecule has 15 heavy (non-hydrogen) atoms. The Hall–Kier alpha value is -0.900. The molecule has 1 saturated carbocycles. The van der Waals surface area contributed by atoms with Crippen LogP contribution in [0.15, 0.2) is 0 Å². The van der Waals surface area contributed by atoms with E-state index in [0.29, 0.717) is 6.54 Å². The second-order valence-corrected chi connectivity index (χ2v) is 4.27. The largest absolute Gasteiger partial charge is 0.369 e. The zero-order valence-electron chi connectivity index (χ0n) is 9.37. The molecule has 0 aromatic rings. The van der Waals surface area contributed by atoms with Gasteiger partial charge in [0.05, 0.1) is 13.1 Å². The van der Waals surface area contributed by atoms with E-state index in [1.807, 2.05) is 4.90 Å². The Morgan fingerprint density at radius 2 is 2.00 bits per heavy atom. The fourth-order valence-corrected chi connectivity index (χ4v) is 1.57. The lowest BCUT2D eigenvalue weighted by Gasteiger charge is -2.19. The van der Waals surface area contributed by atoms with Crippen LogP contribution in [0.25, 0.3) is 0 Å². The summed E-state index contributed by atoms with van der Waals surface area (Å²) in [5, 5.41) is 0. The maximum Gasteiger partial charge on any atom is 0.231 e. The first-order valence-corrected chi connectivity index (χ1v) is 5.66. The summed E-state index contributed by atoms with van der Waals surface area (Å²) >= 11 is 0. The molecule has 0 spiro atoms. The quantitative estimate of drug-likeness (QED) is 0.639. The number of carbonyl (C=O) groups excluding carboxylic acids is 2. The minimum absolute atomic E-state index is 0.207. The van der Waals surface area contributed by atoms with Crippen molar-refractivity contribution in [2.75, 3.05) is 19.6 Å². The van der Waals surface area contributed by atoms with E-state index < -0.39 is 0 Å². The number of amides is 1. The molecule has 1 fully saturated rings. The van der Waals surface area contributed by atoms with E-state index in [1.165, 1.54) is 0 Å². The average molecular weight is 212 g/mol. The topological polar surface area (TPSA) is 63.4 Å². The summed E-state index contributed by atoms with van der Waals surface area (Å²) in [5.74, 6) is 0.184. The molecule has 0 radical (unpaired) electrons. The third-order valence-electron chi connectivity index (χ3n) is 2.62. The van der Waals surface area contributed by atoms with Crippen molar-refractivity contribution in [3.05, 3.63) is 0 Å². The Labute approximate surface area is 90.8 Å². The van der Waals surface area contributed by atoms with Crippen molar-refractivity contribution in [3.8, 4) is 0 Å². The normalized spacial score (nSPS) is 15.6. The monoisotopic (exact) mass is 212 g/mol. The third-order valence-corrected chi connectivity index (χ3v) is 2.62. The van der Waals surface area contributed by atoms with Crippen molar-refractivity contribution in [2.24, 2.45) is 11.7 Å². The highest BCUT2D eigenvalue weighted by atomic mass is 16.1. The molecule has 0 saturated heterocycles. The Kier molecular flexibility index (Phi) is 4.75. The Morgan fingerprint density at radius 1 is 1.33 bits per heavy atom. The summed E-state index contributed by atoms with van der Waals surface area (Å²) in [6, 6.07) is 0. The number of Topliss-reactive ketones (excluding diaryl/α,β-unsaturated/α-hetero) is 1. The standard InChI is InChI=1S/C11H20N2O2/c1-2-3-6-13(8-11(12)15)7-10(14)9-4-5-9/h9H,2-8H2,1H3,(H2,12,15). The van der Waals surface area contributed by atoms with Crippen LogP contribution in [0, 0.1) is 5.92 Å². The van der Waals surface area contributed by atoms with Crippen LogP contribution in [0.2, 0.25) is 0 Å². The van der Waals surface area contributed by atoms with Crippen molar-refractivity contribution in [2.45, 2.75) is 32.6 Å². The second kappa shape index (κ2) is 5.85. The van der Waals surface area contributed by atoms with Gasteiger partial charge in [-0.25, -0.2) is 0 Å². The first-order valence-electron chi connectivity index (χ1n) is 5.66. The maximum absolute atomic E-state index is 11.6. The molecule has 0 atom stereocenters. The predicted molar refractivity (Wildman–Crippen MR) is 58.3 cm³/mol. The van der Waals surface area contributed by atoms with E-state index in [4.69, 9.17) is 5.73 Å². The van der Waals surface area contributed by atoms with Crippen molar-refractivity contribution < 1.29 is 9.59 Å². The second-order valence-electron chi connectivity index (χ2n) is 4.27. The maximum atomic E-state index is 11.6. The van der Waals surface area contributed by atoms with Crippen LogP contribution in [-0.2, 0) is 9.59 Å². The van der Waals surface area contributed by atoms with Gasteiger partial charge in [0.1, 0.15) is 5.78 Å². The fourth-order valence-electron chi connectivity index (χ4n) is 1.57. The van der Waals surface area contributed by atoms with E-state index in [1.54, 1.807) is 0 Å². The lowest BCUT2D eigenvalue weighted by molar-refractivity contribution is -0.123. The highest BCUT2D eigenvalue weighted by Gasteiger charge is 2.30. The van der Waals surface area contributed by atoms with Crippen molar-refractivity contribution in [3.63, 3.8) is 0 Å². The van der Waals surface area contributed by atoms with Crippen LogP contribution >= 0.6 is 0 Å². The summed E-state index contributed by atoms with van der Waals surface area (Å²) < 4.78 is 0. The van der Waals surface area contributed by atoms with Crippen molar-refractivity contribution >= 4 is 11.7 Å². The molecule has 4 nitrogen and oxygen atoms in total. The Morgan fingerprint density at radius 3 is 2.47 bits per heavy atom. The number of nitrogens with two attached hydrogens (primary N) is 1. The lowest BCUT2D eigenvalue weighted by Crippen LogP contribution is -2.38. The molecular weight excluding hydrogens is 192 g/mol. The molecule has 0 heterocycles. The first-order chi connectivity index (χ1) is 7.13. The van der Waals surface area contributed by atoms with Crippen LogP contribution in [0.1, 0.15) is 32.6 Å². The molecule has 0 aliphatic heterocycles. The van der Waals surface area contributed by atoms with Crippen LogP contribution in [-0.4, -0.2) is 36.2 Å². The zero-order valence-corrected chi connectivity index (χ0v) is 9.37. The predicted octanol–water partition coefficient (Wildman–Crippen LogP) is 0.553. The number of rotatable bonds is 8. The lowest BCUT2D eigenvalue weighted by atomic mass is 10.2. The highest BCUT2D eigenvalue weighted by molar-refractivity contribution is 5.85. The third kappa shape index (κ3) is 4.93. The molecule has 0 aromatic carbocycles. The number of hydrogen-bond acceptors (Lipinski definition) is 3. The summed E-state index contributed by atoms with van der Waals surface area (Å²) in [7, 11) is 0. The van der Waals surface area contributed by atoms with Crippen molar-refractivity contribution in [1.29, 1.82) is 0 Å². The number of primary amides is 1. The van der Waals surface area contributed by atoms with Crippen molar-refractivity contribution in [1.82, 2.24) is 4.90 Å². The van der Waals surface area contributed by atoms with Gasteiger partial charge in [0.25, 0.3) is 0 Å². The van der Waals surface area contributed by atoms with Gasteiger partial charge in [-0.3, -0.25) is 14.5 Å². The average Bonchev–Trinajstić information content (AvgIpc) is 2.96. The van der Waals surface area contributed by atoms with Gasteiger partial charge in [-0.05, 0) is 25.8 Å². The van der Waals surface area contributed by atoms with E-state index >= 15 is 0 Å². The Balaban J connectivity index is 2.32. The van der Waals surface area contributed by atoms with Gasteiger partial charge in [0, 0.05) is 5.92 Å². The Bertz CT molecular complexity index is 237. The molecule has 0 unspecified atom stereocenters. The van der Waals surface area contributed by atoms with Gasteiger partial charge in [0.2, 0.25) is 5.91 Å². The smallest absolute Gasteiger partial charge is 0.231 e. The van der Waals surface area contributed by atoms with E-state index in [2.05, 4.69) is 6.92 Å². The molecule has 2 N–H and O–H groups in total. The van der Waals surface area contributed by atoms with Crippen LogP contribution in [0.3, 0.4) is 0 Å². The number of hydrogen-bond donors (Lipinski definition) is 1. The van der Waals surface area contributed by atoms with Gasteiger partial charge in [-0.1, -0.05) is 13.3 Å². The molecule has 0 bridgehead atoms. The molecular formula is C11H20N2O2. The van der Waals surface area contributed by atoms with Gasteiger partial charge in [0.15, 0.2) is 0 Å². The minimum atomic E-state index is -0.352. The van der Waals surface area contributed by atoms with E-state index in [9.17, 15) is 9.59 Å². The van der Waals surface area contributed by atoms with Crippen LogP contribution in [0.5, 0.6) is 0 Å². The number of ketones is 1. The summed E-state index contributed by atoms with van der Waals surface area (Å²) in [4.78, 5) is 24.2. The number of unbranched alkanes of at least 4 members (excludes halogenated alkanes) is 1. The minimum Gasteiger partial charge on any atom is -0.369 e. The molecule has 4 heteroatoms. The molecule has 86 valence electrons. The molecule has 1 rings (SSSR count). The SMILES string of the molecule is CCCCN(CC(N)=O)CC(=O)C1CC1. The number of nitrogens with zero attached hydrogens (tertiary/aromatic N) is 1. The molecule has 1 aliphatic carbocycles. The van der Waals surface area contributed by atoms with E-state index in [0.717, 1.165) is 32.2 Å². The number of carbonyl (C=O) groups is 2. The van der Waals surface area contributed by atoms with Gasteiger partial charge >= 0.3 is 0 Å². The van der Waals surface area contributed by atoms with Crippen LogP contribution in [0.4, 0.5) is 0 Å². The molecule has 0 aromatic heterocycles. The molecule has 1 amide bonds. The van der Waals surface area contributed by atoms with Crippen LogP contribution < -0.4 is 5.73 Å². The first kappa shape index (κ1) is 12.2. The zero-order chi connectivity index (χ0) is 11.3. The van der Waals surface area contributed by atoms with Gasteiger partial charge < -0.3 is 5.73 Å². The molecule has 1 aliphatic rings. The van der Waals surface area contributed by atoms with Gasteiger partial charge in [-0.2, -0.15) is 0 Å². The highest BCUT2D eigenvalue weighted by Crippen LogP contribution is 2.29. The summed E-state index contributed by atoms with van der Waals surface area (Å²) in [6.07, 6.45) is 4.12. The van der Waals surface area contributed by atoms with Gasteiger partial charge in [-0.15, -0.1) is 0 Å². The fraction of sp³-hybridized carbons (Fsp3) is 0.818. The summed E-state index contributed by atoms with van der Waals surface area (Å²) in [6.45, 7) is 3.48.